The molecule has 6 aromatic heterocycles. The summed E-state index contributed by atoms with van der Waals surface area (Å²) in [6.45, 7) is 11.7. The van der Waals surface area contributed by atoms with Crippen molar-refractivity contribution in [1.82, 2.24) is 50.3 Å². The van der Waals surface area contributed by atoms with Crippen molar-refractivity contribution in [2.24, 2.45) is 0 Å². The van der Waals surface area contributed by atoms with Crippen LogP contribution in [0, 0.1) is 0 Å². The second-order valence-corrected chi connectivity index (χ2v) is 20.8. The predicted molar refractivity (Wildman–Crippen MR) is 313 cm³/mol. The molecule has 0 spiro atoms. The van der Waals surface area contributed by atoms with E-state index in [-0.39, 0.29) is 47.6 Å². The Morgan fingerprint density at radius 2 is 1.04 bits per heavy atom. The van der Waals surface area contributed by atoms with Crippen LogP contribution in [0.25, 0.3) is 56.9 Å². The number of nitrogens with two attached hydrogens (primary N) is 2. The summed E-state index contributed by atoms with van der Waals surface area (Å²) in [5.41, 5.74) is 15.2. The molecule has 82 heavy (non-hydrogen) atoms. The second kappa shape index (κ2) is 27.5. The number of carbonyl (C=O) groups excluding carboxylic acids is 4. The Labute approximate surface area is 481 Å². The highest BCUT2D eigenvalue weighted by Gasteiger charge is 2.24. The maximum atomic E-state index is 12.7. The standard InChI is InChI=1S/C27H25ClN6O3.C23H17ClN4O4.C9H18N2O2/c28-23-13-19(26-32-15-20(16-33-26)27(36)34-9-7-30-8-10-34)11-18-12-22(37-25(18)23)5-4-21(35)3-1-17-2-6-24(29)31-14-17;24-19-9-15(22-27-11-16(12-28-22)23(30)31)7-14-8-18(32-21(14)19)5-4-17(29)3-1-13-2-6-20(25)26-10-13;1-9(2,3)13-8(12)11-6-4-10-5-7-11/h1-3,6,11-16,30H,4-5,7-10H2,(H2,29,31);1-3,6-12H,4-5H2,(H2,25,26)(H,30,31);10H,4-7H2,1-3H3/b2*3-1+;. The highest BCUT2D eigenvalue weighted by molar-refractivity contribution is 6.35. The zero-order valence-electron chi connectivity index (χ0n) is 45.2. The maximum absolute atomic E-state index is 12.7. The number of aromatic nitrogens is 6. The number of halogens is 2. The number of pyridine rings is 2. The van der Waals surface area contributed by atoms with Crippen LogP contribution in [0.5, 0.6) is 0 Å². The molecule has 10 rings (SSSR count). The zero-order chi connectivity index (χ0) is 58.3. The predicted octanol–water partition coefficient (Wildman–Crippen LogP) is 9.04. The van der Waals surface area contributed by atoms with E-state index in [9.17, 15) is 24.0 Å². The topological polar surface area (TPSA) is 301 Å². The van der Waals surface area contributed by atoms with Crippen LogP contribution >= 0.6 is 23.2 Å². The van der Waals surface area contributed by atoms with E-state index in [1.807, 2.05) is 39.0 Å². The van der Waals surface area contributed by atoms with Crippen molar-refractivity contribution in [3.63, 3.8) is 0 Å². The lowest BCUT2D eigenvalue weighted by Crippen LogP contribution is -2.48. The molecule has 2 fully saturated rings. The maximum Gasteiger partial charge on any atom is 0.410 e. The second-order valence-electron chi connectivity index (χ2n) is 20.0. The van der Waals surface area contributed by atoms with Crippen LogP contribution in [-0.4, -0.2) is 132 Å². The first-order chi connectivity index (χ1) is 39.3. The molecular formula is C59H60Cl2N12O9. The monoisotopic (exact) mass is 1150 g/mol. The van der Waals surface area contributed by atoms with E-state index < -0.39 is 5.97 Å². The molecule has 7 N–H and O–H groups in total. The van der Waals surface area contributed by atoms with E-state index in [1.165, 1.54) is 24.5 Å². The smallest absolute Gasteiger partial charge is 0.410 e. The summed E-state index contributed by atoms with van der Waals surface area (Å²) in [7, 11) is 0. The number of allylic oxidation sites excluding steroid dienone is 2. The SMILES string of the molecule is CC(C)(C)OC(=O)N1CCNCC1.Nc1ccc(/C=C/C(=O)CCc2cc3cc(-c4ncc(C(=O)N5CCNCC5)cn4)cc(Cl)c3o2)cn1.Nc1ccc(/C=C/C(=O)CCc2cc3cc(-c4ncc(C(=O)O)cn4)cc(Cl)c3o2)cn1. The van der Waals surface area contributed by atoms with Crippen LogP contribution in [0.3, 0.4) is 0 Å². The first kappa shape index (κ1) is 59.2. The van der Waals surface area contributed by atoms with Gasteiger partial charge < -0.3 is 50.6 Å². The number of anilines is 2. The largest absolute Gasteiger partial charge is 0.478 e. The number of carboxylic acids is 1. The van der Waals surface area contributed by atoms with Crippen LogP contribution in [0.15, 0.2) is 119 Å². The lowest BCUT2D eigenvalue weighted by atomic mass is 10.1. The Morgan fingerprint density at radius 3 is 1.44 bits per heavy atom. The molecule has 8 aromatic rings. The van der Waals surface area contributed by atoms with E-state index in [0.29, 0.717) is 98.6 Å². The molecule has 2 saturated heterocycles. The Bertz CT molecular complexity index is 3610. The van der Waals surface area contributed by atoms with Gasteiger partial charge in [-0.3, -0.25) is 14.4 Å². The number of hydrogen-bond donors (Lipinski definition) is 5. The molecule has 0 bridgehead atoms. The van der Waals surface area contributed by atoms with E-state index in [0.717, 1.165) is 61.2 Å². The van der Waals surface area contributed by atoms with Gasteiger partial charge in [-0.05, 0) is 117 Å². The number of rotatable bonds is 14. The van der Waals surface area contributed by atoms with Crippen molar-refractivity contribution in [2.75, 3.05) is 63.8 Å². The van der Waals surface area contributed by atoms with Crippen molar-refractivity contribution in [3.05, 3.63) is 154 Å². The first-order valence-corrected chi connectivity index (χ1v) is 27.0. The third-order valence-corrected chi connectivity index (χ3v) is 13.1. The number of aryl methyl sites for hydroxylation is 2. The fourth-order valence-electron chi connectivity index (χ4n) is 8.30. The summed E-state index contributed by atoms with van der Waals surface area (Å²) in [6, 6.07) is 17.7. The van der Waals surface area contributed by atoms with Crippen molar-refractivity contribution in [1.29, 1.82) is 0 Å². The van der Waals surface area contributed by atoms with Gasteiger partial charge in [0.25, 0.3) is 5.91 Å². The van der Waals surface area contributed by atoms with E-state index in [2.05, 4.69) is 40.5 Å². The summed E-state index contributed by atoms with van der Waals surface area (Å²) in [5, 5.41) is 17.7. The highest BCUT2D eigenvalue weighted by atomic mass is 35.5. The molecule has 23 heteroatoms. The number of ether oxygens (including phenoxy) is 1. The summed E-state index contributed by atoms with van der Waals surface area (Å²) >= 11 is 12.9. The lowest BCUT2D eigenvalue weighted by Gasteiger charge is -2.30. The van der Waals surface area contributed by atoms with Crippen molar-refractivity contribution in [2.45, 2.75) is 52.1 Å². The molecule has 2 aliphatic heterocycles. The van der Waals surface area contributed by atoms with Gasteiger partial charge >= 0.3 is 12.1 Å². The minimum absolute atomic E-state index is 0.00195. The zero-order valence-corrected chi connectivity index (χ0v) is 46.7. The number of amides is 2. The van der Waals surface area contributed by atoms with Crippen LogP contribution in [0.2, 0.25) is 10.0 Å². The highest BCUT2D eigenvalue weighted by Crippen LogP contribution is 2.34. The Morgan fingerprint density at radius 1 is 0.610 bits per heavy atom. The number of carbonyl (C=O) groups is 5. The van der Waals surface area contributed by atoms with Gasteiger partial charge in [0.15, 0.2) is 34.4 Å². The minimum atomic E-state index is -1.10. The molecule has 2 amide bonds. The number of aromatic carboxylic acids is 1. The number of piperazine rings is 2. The molecule has 0 unspecified atom stereocenters. The average Bonchev–Trinajstić information content (AvgIpc) is 4.24. The van der Waals surface area contributed by atoms with Gasteiger partial charge in [0.05, 0.1) is 21.2 Å². The van der Waals surface area contributed by atoms with Gasteiger partial charge in [-0.1, -0.05) is 23.2 Å². The van der Waals surface area contributed by atoms with Crippen LogP contribution < -0.4 is 22.1 Å². The molecule has 0 aliphatic carbocycles. The van der Waals surface area contributed by atoms with E-state index >= 15 is 0 Å². The van der Waals surface area contributed by atoms with Gasteiger partial charge in [0.2, 0.25) is 0 Å². The van der Waals surface area contributed by atoms with Crippen molar-refractivity contribution < 1.29 is 42.7 Å². The summed E-state index contributed by atoms with van der Waals surface area (Å²) in [4.78, 5) is 88.1. The third-order valence-electron chi connectivity index (χ3n) is 12.5. The first-order valence-electron chi connectivity index (χ1n) is 26.2. The van der Waals surface area contributed by atoms with Crippen molar-refractivity contribution in [3.8, 4) is 22.8 Å². The number of fused-ring (bicyclic) bond motifs is 2. The fourth-order valence-corrected chi connectivity index (χ4v) is 8.83. The molecule has 2 aromatic carbocycles. The number of ketones is 2. The molecule has 21 nitrogen and oxygen atoms in total. The lowest BCUT2D eigenvalue weighted by molar-refractivity contribution is -0.115. The number of nitrogen functional groups attached to an aromatic ring is 2. The Balaban J connectivity index is 0.000000178. The van der Waals surface area contributed by atoms with Gasteiger partial charge in [0.1, 0.15) is 28.8 Å². The number of carboxylic acid groups (broad SMARTS) is 1. The van der Waals surface area contributed by atoms with Gasteiger partial charge in [-0.2, -0.15) is 0 Å². The third kappa shape index (κ3) is 16.8. The van der Waals surface area contributed by atoms with E-state index in [1.54, 1.807) is 89.2 Å². The minimum Gasteiger partial charge on any atom is -0.478 e. The number of hydrogen-bond acceptors (Lipinski definition) is 18. The Hall–Kier alpha value is -8.89. The summed E-state index contributed by atoms with van der Waals surface area (Å²) in [6.07, 6.45) is 16.4. The van der Waals surface area contributed by atoms with Gasteiger partial charge in [-0.25, -0.2) is 39.5 Å². The molecule has 0 saturated carbocycles. The molecule has 8 heterocycles. The number of nitrogens with zero attached hydrogens (tertiary/aromatic N) is 8. The van der Waals surface area contributed by atoms with Crippen molar-refractivity contribution >= 4 is 98.5 Å². The molecule has 2 aliphatic rings. The summed E-state index contributed by atoms with van der Waals surface area (Å²) in [5.74, 6) is 1.67. The summed E-state index contributed by atoms with van der Waals surface area (Å²) < 4.78 is 17.0. The molecule has 0 atom stereocenters. The molecular weight excluding hydrogens is 1090 g/mol. The van der Waals surface area contributed by atoms with Crippen LogP contribution in [0.4, 0.5) is 16.4 Å². The van der Waals surface area contributed by atoms with Crippen LogP contribution in [-0.2, 0) is 27.2 Å². The number of nitrogens with one attached hydrogen (secondary N) is 2. The Kier molecular flexibility index (Phi) is 19.9. The normalized spacial score (nSPS) is 13.6. The van der Waals surface area contributed by atoms with Crippen LogP contribution in [0.1, 0.15) is 77.0 Å². The molecule has 424 valence electrons. The van der Waals surface area contributed by atoms with E-state index in [4.69, 9.17) is 53.3 Å². The quantitative estimate of drug-likeness (QED) is 0.0634. The van der Waals surface area contributed by atoms with Gasteiger partial charge in [-0.15, -0.1) is 0 Å². The average molecular weight is 1150 g/mol. The molecule has 0 radical (unpaired) electrons. The van der Waals surface area contributed by atoms with Gasteiger partial charge in [0, 0.05) is 137 Å². The fraction of sp³-hybridized carbons (Fsp3) is 0.271. The number of furan rings is 2. The number of benzene rings is 2.